The molecule has 0 aliphatic carbocycles. The van der Waals surface area contributed by atoms with Gasteiger partial charge >= 0.3 is 12.0 Å². The fraction of sp³-hybridized carbons (Fsp3) is 0.750. The Morgan fingerprint density at radius 2 is 1.85 bits per heavy atom. The Balaban J connectivity index is 2.18. The van der Waals surface area contributed by atoms with Crippen molar-refractivity contribution in [2.24, 2.45) is 5.92 Å². The number of hydrogen-bond donors (Lipinski definition) is 4. The smallest absolute Gasteiger partial charge is 0.322 e. The highest BCUT2D eigenvalue weighted by Gasteiger charge is 2.21. The van der Waals surface area contributed by atoms with Crippen LogP contribution in [0.4, 0.5) is 4.79 Å². The number of hydrogen-bond acceptors (Lipinski definition) is 4. The van der Waals surface area contributed by atoms with E-state index < -0.39 is 24.5 Å². The highest BCUT2D eigenvalue weighted by Crippen LogP contribution is 2.18. The molecule has 1 aliphatic rings. The molecule has 8 nitrogen and oxygen atoms in total. The van der Waals surface area contributed by atoms with E-state index >= 15 is 0 Å². The summed E-state index contributed by atoms with van der Waals surface area (Å²) in [5.74, 6) is -1.30. The minimum Gasteiger partial charge on any atom is -0.480 e. The average molecular weight is 287 g/mol. The third kappa shape index (κ3) is 6.37. The topological polar surface area (TPSA) is 117 Å². The van der Waals surface area contributed by atoms with Crippen LogP contribution in [-0.2, 0) is 14.3 Å². The summed E-state index contributed by atoms with van der Waals surface area (Å²) in [6, 6.07) is -0.435. The number of carboxylic acids is 1. The normalized spacial score (nSPS) is 17.1. The van der Waals surface area contributed by atoms with Crippen molar-refractivity contribution in [3.63, 3.8) is 0 Å². The van der Waals surface area contributed by atoms with Crippen molar-refractivity contribution in [1.29, 1.82) is 0 Å². The predicted molar refractivity (Wildman–Crippen MR) is 70.2 cm³/mol. The first-order valence-electron chi connectivity index (χ1n) is 6.59. The number of nitrogens with one attached hydrogen (secondary N) is 3. The van der Waals surface area contributed by atoms with E-state index in [0.29, 0.717) is 19.1 Å². The van der Waals surface area contributed by atoms with Gasteiger partial charge in [-0.1, -0.05) is 0 Å². The van der Waals surface area contributed by atoms with E-state index in [-0.39, 0.29) is 12.6 Å². The number of aliphatic carboxylic acids is 1. The number of carbonyl (C=O) groups is 3. The number of amides is 3. The number of urea groups is 1. The molecule has 4 N–H and O–H groups in total. The van der Waals surface area contributed by atoms with Gasteiger partial charge < -0.3 is 25.8 Å². The van der Waals surface area contributed by atoms with Crippen molar-refractivity contribution in [3.8, 4) is 0 Å². The molecule has 0 spiro atoms. The van der Waals surface area contributed by atoms with E-state index in [0.717, 1.165) is 12.8 Å². The van der Waals surface area contributed by atoms with Crippen LogP contribution < -0.4 is 16.0 Å². The molecule has 1 rings (SSSR count). The van der Waals surface area contributed by atoms with Gasteiger partial charge in [-0.2, -0.15) is 0 Å². The van der Waals surface area contributed by atoms with Crippen LogP contribution in [0.15, 0.2) is 0 Å². The van der Waals surface area contributed by atoms with Crippen molar-refractivity contribution in [2.45, 2.75) is 25.8 Å². The van der Waals surface area contributed by atoms with Gasteiger partial charge in [0.2, 0.25) is 5.91 Å². The van der Waals surface area contributed by atoms with E-state index in [9.17, 15) is 14.4 Å². The first kappa shape index (κ1) is 16.2. The van der Waals surface area contributed by atoms with E-state index in [1.807, 2.05) is 6.92 Å². The van der Waals surface area contributed by atoms with Gasteiger partial charge in [0, 0.05) is 19.3 Å². The standard InChI is InChI=1S/C12H21N3O5/c1-8(9-2-4-20-5-3-9)15-12(19)14-6-10(16)13-7-11(17)18/h8-9H,2-7H2,1H3,(H,13,16)(H,17,18)(H2,14,15,19). The van der Waals surface area contributed by atoms with Crippen LogP contribution in [0.1, 0.15) is 19.8 Å². The number of carbonyl (C=O) groups excluding carboxylic acids is 2. The van der Waals surface area contributed by atoms with Gasteiger partial charge in [-0.05, 0) is 25.7 Å². The first-order chi connectivity index (χ1) is 9.49. The lowest BCUT2D eigenvalue weighted by atomic mass is 9.93. The summed E-state index contributed by atoms with van der Waals surface area (Å²) in [5, 5.41) is 15.7. The summed E-state index contributed by atoms with van der Waals surface area (Å²) >= 11 is 0. The first-order valence-corrected chi connectivity index (χ1v) is 6.59. The Kier molecular flexibility index (Phi) is 6.78. The molecule has 1 atom stereocenters. The second-order valence-electron chi connectivity index (χ2n) is 4.74. The van der Waals surface area contributed by atoms with E-state index in [2.05, 4.69) is 16.0 Å². The fourth-order valence-corrected chi connectivity index (χ4v) is 1.99. The molecule has 0 bridgehead atoms. The molecule has 1 aliphatic heterocycles. The van der Waals surface area contributed by atoms with Crippen LogP contribution in [0.2, 0.25) is 0 Å². The van der Waals surface area contributed by atoms with Crippen LogP contribution in [0.3, 0.4) is 0 Å². The lowest BCUT2D eigenvalue weighted by Crippen LogP contribution is -2.48. The molecule has 0 saturated carbocycles. The zero-order chi connectivity index (χ0) is 15.0. The molecule has 114 valence electrons. The third-order valence-electron chi connectivity index (χ3n) is 3.18. The van der Waals surface area contributed by atoms with E-state index in [1.165, 1.54) is 0 Å². The Morgan fingerprint density at radius 3 is 2.45 bits per heavy atom. The van der Waals surface area contributed by atoms with Gasteiger partial charge in [0.25, 0.3) is 0 Å². The lowest BCUT2D eigenvalue weighted by Gasteiger charge is -2.28. The molecule has 1 saturated heterocycles. The molecule has 0 aromatic rings. The maximum Gasteiger partial charge on any atom is 0.322 e. The second kappa shape index (κ2) is 8.36. The molecular weight excluding hydrogens is 266 g/mol. The van der Waals surface area contributed by atoms with Crippen molar-refractivity contribution in [2.75, 3.05) is 26.3 Å². The molecule has 3 amide bonds. The zero-order valence-electron chi connectivity index (χ0n) is 11.5. The SMILES string of the molecule is CC(NC(=O)NCC(=O)NCC(=O)O)C1CCOCC1. The van der Waals surface area contributed by atoms with Gasteiger partial charge in [0.1, 0.15) is 6.54 Å². The fourth-order valence-electron chi connectivity index (χ4n) is 1.99. The molecule has 1 unspecified atom stereocenters. The minimum absolute atomic E-state index is 0.000908. The summed E-state index contributed by atoms with van der Waals surface area (Å²) in [7, 11) is 0. The predicted octanol–water partition coefficient (Wildman–Crippen LogP) is -0.698. The van der Waals surface area contributed by atoms with E-state index in [4.69, 9.17) is 9.84 Å². The maximum absolute atomic E-state index is 11.6. The van der Waals surface area contributed by atoms with Gasteiger partial charge in [0.15, 0.2) is 0 Å². The largest absolute Gasteiger partial charge is 0.480 e. The highest BCUT2D eigenvalue weighted by molar-refractivity contribution is 5.86. The molecule has 0 aromatic heterocycles. The number of carboxylic acid groups (broad SMARTS) is 1. The lowest BCUT2D eigenvalue weighted by molar-refractivity contribution is -0.137. The summed E-state index contributed by atoms with van der Waals surface area (Å²) in [5.41, 5.74) is 0. The van der Waals surface area contributed by atoms with Crippen LogP contribution in [-0.4, -0.2) is 55.4 Å². The summed E-state index contributed by atoms with van der Waals surface area (Å²) < 4.78 is 5.25. The van der Waals surface area contributed by atoms with Gasteiger partial charge in [-0.15, -0.1) is 0 Å². The second-order valence-corrected chi connectivity index (χ2v) is 4.74. The molecule has 1 heterocycles. The van der Waals surface area contributed by atoms with Crippen molar-refractivity contribution >= 4 is 17.9 Å². The van der Waals surface area contributed by atoms with Gasteiger partial charge in [-0.25, -0.2) is 4.79 Å². The Hall–Kier alpha value is -1.83. The number of ether oxygens (including phenoxy) is 1. The van der Waals surface area contributed by atoms with E-state index in [1.54, 1.807) is 0 Å². The quantitative estimate of drug-likeness (QED) is 0.515. The van der Waals surface area contributed by atoms with Crippen molar-refractivity contribution in [1.82, 2.24) is 16.0 Å². The molecule has 1 fully saturated rings. The number of rotatable bonds is 6. The minimum atomic E-state index is -1.13. The third-order valence-corrected chi connectivity index (χ3v) is 3.18. The summed E-state index contributed by atoms with van der Waals surface area (Å²) in [6.07, 6.45) is 1.81. The molecule has 20 heavy (non-hydrogen) atoms. The Labute approximate surface area is 117 Å². The Morgan fingerprint density at radius 1 is 1.20 bits per heavy atom. The van der Waals surface area contributed by atoms with Crippen LogP contribution in [0, 0.1) is 5.92 Å². The molecule has 0 radical (unpaired) electrons. The maximum atomic E-state index is 11.6. The van der Waals surface area contributed by atoms with Crippen LogP contribution >= 0.6 is 0 Å². The summed E-state index contributed by atoms with van der Waals surface area (Å²) in [4.78, 5) is 33.0. The molecular formula is C12H21N3O5. The van der Waals surface area contributed by atoms with Crippen LogP contribution in [0.25, 0.3) is 0 Å². The summed E-state index contributed by atoms with van der Waals surface area (Å²) in [6.45, 7) is 2.62. The average Bonchev–Trinajstić information content (AvgIpc) is 2.43. The Bertz CT molecular complexity index is 355. The molecule has 0 aromatic carbocycles. The van der Waals surface area contributed by atoms with Crippen molar-refractivity contribution in [3.05, 3.63) is 0 Å². The van der Waals surface area contributed by atoms with Crippen LogP contribution in [0.5, 0.6) is 0 Å². The van der Waals surface area contributed by atoms with Gasteiger partial charge in [0.05, 0.1) is 6.54 Å². The monoisotopic (exact) mass is 287 g/mol. The highest BCUT2D eigenvalue weighted by atomic mass is 16.5. The van der Waals surface area contributed by atoms with Gasteiger partial charge in [-0.3, -0.25) is 9.59 Å². The molecule has 8 heteroatoms. The van der Waals surface area contributed by atoms with Crippen molar-refractivity contribution < 1.29 is 24.2 Å². The zero-order valence-corrected chi connectivity index (χ0v) is 11.5.